The summed E-state index contributed by atoms with van der Waals surface area (Å²) >= 11 is 0. The monoisotopic (exact) mass is 597 g/mol. The van der Waals surface area contributed by atoms with Crippen LogP contribution in [-0.4, -0.2) is 4.98 Å². The van der Waals surface area contributed by atoms with Gasteiger partial charge in [-0.1, -0.05) is 115 Å². The first-order valence-electron chi connectivity index (χ1n) is 16.0. The van der Waals surface area contributed by atoms with Gasteiger partial charge in [-0.15, -0.1) is 0 Å². The number of benzene rings is 8. The van der Waals surface area contributed by atoms with E-state index in [1.165, 1.54) is 43.6 Å². The molecule has 0 radical (unpaired) electrons. The fourth-order valence-corrected chi connectivity index (χ4v) is 7.21. The van der Waals surface area contributed by atoms with Crippen molar-refractivity contribution in [2.75, 3.05) is 0 Å². The van der Waals surface area contributed by atoms with Gasteiger partial charge in [-0.2, -0.15) is 0 Å². The molecule has 2 heteroatoms. The number of aromatic nitrogens is 1. The molecule has 10 rings (SSSR count). The Hall–Kier alpha value is -6.25. The van der Waals surface area contributed by atoms with E-state index in [4.69, 9.17) is 9.40 Å². The number of fused-ring (bicyclic) bond motifs is 8. The summed E-state index contributed by atoms with van der Waals surface area (Å²) in [6, 6.07) is 58.7. The lowest BCUT2D eigenvalue weighted by molar-refractivity contribution is 0.669. The van der Waals surface area contributed by atoms with Crippen LogP contribution in [0.2, 0.25) is 0 Å². The molecule has 47 heavy (non-hydrogen) atoms. The molecule has 0 aliphatic carbocycles. The van der Waals surface area contributed by atoms with E-state index in [1.807, 2.05) is 12.1 Å². The molecule has 8 aromatic carbocycles. The van der Waals surface area contributed by atoms with Gasteiger partial charge in [-0.25, -0.2) is 4.98 Å². The number of hydrogen-bond donors (Lipinski definition) is 0. The van der Waals surface area contributed by atoms with E-state index in [0.717, 1.165) is 55.0 Å². The fraction of sp³-hybridized carbons (Fsp3) is 0. The maximum atomic E-state index is 6.33. The second kappa shape index (κ2) is 10.1. The van der Waals surface area contributed by atoms with Gasteiger partial charge in [0.2, 0.25) is 0 Å². The molecular formula is C45H27NO. The van der Waals surface area contributed by atoms with Crippen molar-refractivity contribution in [2.24, 2.45) is 0 Å². The normalized spacial score (nSPS) is 11.8. The largest absolute Gasteiger partial charge is 0.456 e. The van der Waals surface area contributed by atoms with Crippen molar-refractivity contribution >= 4 is 65.2 Å². The molecule has 2 nitrogen and oxygen atoms in total. The number of furan rings is 1. The maximum Gasteiger partial charge on any atom is 0.136 e. The Morgan fingerprint density at radius 1 is 0.319 bits per heavy atom. The SMILES string of the molecule is c1cc(-c2ccc3cc(-c4ccc5ccccc5c4)ccc3c2)cc(-c2nc3ccccc3c3cc4c(cc23)oc2ccccc24)c1. The van der Waals surface area contributed by atoms with Crippen molar-refractivity contribution in [1.29, 1.82) is 0 Å². The van der Waals surface area contributed by atoms with Gasteiger partial charge in [0.25, 0.3) is 0 Å². The molecule has 0 amide bonds. The third-order valence-corrected chi connectivity index (χ3v) is 9.59. The Morgan fingerprint density at radius 2 is 0.915 bits per heavy atom. The zero-order valence-electron chi connectivity index (χ0n) is 25.4. The Kier molecular flexibility index (Phi) is 5.61. The third-order valence-electron chi connectivity index (χ3n) is 9.59. The highest BCUT2D eigenvalue weighted by Crippen LogP contribution is 2.39. The van der Waals surface area contributed by atoms with E-state index >= 15 is 0 Å². The molecule has 10 aromatic rings. The van der Waals surface area contributed by atoms with Crippen LogP contribution < -0.4 is 0 Å². The highest BCUT2D eigenvalue weighted by atomic mass is 16.3. The predicted octanol–water partition coefficient (Wildman–Crippen LogP) is 12.6. The average Bonchev–Trinajstić information content (AvgIpc) is 3.50. The summed E-state index contributed by atoms with van der Waals surface area (Å²) < 4.78 is 6.33. The second-order valence-electron chi connectivity index (χ2n) is 12.4. The van der Waals surface area contributed by atoms with Crippen LogP contribution in [0.4, 0.5) is 0 Å². The summed E-state index contributed by atoms with van der Waals surface area (Å²) in [5.74, 6) is 0. The molecular weight excluding hydrogens is 571 g/mol. The molecule has 0 bridgehead atoms. The van der Waals surface area contributed by atoms with Crippen LogP contribution in [0.3, 0.4) is 0 Å². The third kappa shape index (κ3) is 4.23. The van der Waals surface area contributed by atoms with Gasteiger partial charge in [-0.05, 0) is 97.7 Å². The van der Waals surface area contributed by atoms with Gasteiger partial charge in [0.05, 0.1) is 11.2 Å². The molecule has 0 saturated carbocycles. The summed E-state index contributed by atoms with van der Waals surface area (Å²) in [5, 5.41) is 10.7. The average molecular weight is 598 g/mol. The first kappa shape index (κ1) is 26.0. The zero-order valence-corrected chi connectivity index (χ0v) is 25.4. The summed E-state index contributed by atoms with van der Waals surface area (Å²) in [6.07, 6.45) is 0. The standard InChI is InChI=1S/C45H27NO/c1-2-9-29-22-32(17-16-28(29)8-1)34-21-20-33-23-31(18-19-35(33)24-34)30-10-7-11-36(25-30)45-41-27-44-40(38-13-4-6-15-43(38)47-44)26-39(41)37-12-3-5-14-42(37)46-45/h1-27H. The molecule has 2 heterocycles. The number of hydrogen-bond acceptors (Lipinski definition) is 2. The predicted molar refractivity (Wildman–Crippen MR) is 198 cm³/mol. The lowest BCUT2D eigenvalue weighted by atomic mass is 9.94. The van der Waals surface area contributed by atoms with Crippen LogP contribution in [0.15, 0.2) is 168 Å². The van der Waals surface area contributed by atoms with Crippen molar-refractivity contribution in [3.05, 3.63) is 164 Å². The second-order valence-corrected chi connectivity index (χ2v) is 12.4. The maximum absolute atomic E-state index is 6.33. The van der Waals surface area contributed by atoms with Crippen LogP contribution >= 0.6 is 0 Å². The Labute approximate surface area is 271 Å². The van der Waals surface area contributed by atoms with Crippen LogP contribution in [0.1, 0.15) is 0 Å². The summed E-state index contributed by atoms with van der Waals surface area (Å²) in [5.41, 5.74) is 9.62. The topological polar surface area (TPSA) is 26.0 Å². The Balaban J connectivity index is 1.09. The summed E-state index contributed by atoms with van der Waals surface area (Å²) in [7, 11) is 0. The van der Waals surface area contributed by atoms with Crippen LogP contribution in [-0.2, 0) is 0 Å². The number of nitrogens with zero attached hydrogens (tertiary/aromatic N) is 1. The molecule has 0 fully saturated rings. The molecule has 0 aliphatic heterocycles. The van der Waals surface area contributed by atoms with E-state index in [2.05, 4.69) is 152 Å². The lowest BCUT2D eigenvalue weighted by Gasteiger charge is -2.12. The minimum absolute atomic E-state index is 0.880. The quantitative estimate of drug-likeness (QED) is 0.189. The minimum Gasteiger partial charge on any atom is -0.456 e. The highest BCUT2D eigenvalue weighted by Gasteiger charge is 2.16. The van der Waals surface area contributed by atoms with Crippen LogP contribution in [0.5, 0.6) is 0 Å². The van der Waals surface area contributed by atoms with Crippen LogP contribution in [0.25, 0.3) is 98.7 Å². The molecule has 0 N–H and O–H groups in total. The van der Waals surface area contributed by atoms with Crippen molar-refractivity contribution < 1.29 is 4.42 Å². The Morgan fingerprint density at radius 3 is 1.70 bits per heavy atom. The van der Waals surface area contributed by atoms with Gasteiger partial charge in [0, 0.05) is 27.1 Å². The van der Waals surface area contributed by atoms with E-state index in [0.29, 0.717) is 0 Å². The zero-order chi connectivity index (χ0) is 30.9. The minimum atomic E-state index is 0.880. The van der Waals surface area contributed by atoms with E-state index in [-0.39, 0.29) is 0 Å². The highest BCUT2D eigenvalue weighted by molar-refractivity contribution is 6.18. The molecule has 2 aromatic heterocycles. The van der Waals surface area contributed by atoms with Crippen LogP contribution in [0, 0.1) is 0 Å². The van der Waals surface area contributed by atoms with Gasteiger partial charge >= 0.3 is 0 Å². The lowest BCUT2D eigenvalue weighted by Crippen LogP contribution is -1.90. The number of para-hydroxylation sites is 2. The van der Waals surface area contributed by atoms with Crippen molar-refractivity contribution in [3.8, 4) is 33.5 Å². The first-order valence-corrected chi connectivity index (χ1v) is 16.0. The van der Waals surface area contributed by atoms with Gasteiger partial charge in [-0.3, -0.25) is 0 Å². The molecule has 0 spiro atoms. The molecule has 218 valence electrons. The number of rotatable bonds is 3. The summed E-state index contributed by atoms with van der Waals surface area (Å²) in [6.45, 7) is 0. The van der Waals surface area contributed by atoms with Crippen molar-refractivity contribution in [2.45, 2.75) is 0 Å². The molecule has 0 saturated heterocycles. The number of pyridine rings is 1. The van der Waals surface area contributed by atoms with E-state index < -0.39 is 0 Å². The smallest absolute Gasteiger partial charge is 0.136 e. The van der Waals surface area contributed by atoms with E-state index in [9.17, 15) is 0 Å². The van der Waals surface area contributed by atoms with Gasteiger partial charge < -0.3 is 4.42 Å². The summed E-state index contributed by atoms with van der Waals surface area (Å²) in [4.78, 5) is 5.23. The van der Waals surface area contributed by atoms with Crippen molar-refractivity contribution in [1.82, 2.24) is 4.98 Å². The van der Waals surface area contributed by atoms with E-state index in [1.54, 1.807) is 0 Å². The van der Waals surface area contributed by atoms with Gasteiger partial charge in [0.15, 0.2) is 0 Å². The fourth-order valence-electron chi connectivity index (χ4n) is 7.21. The molecule has 0 unspecified atom stereocenters. The Bertz CT molecular complexity index is 2860. The first-order chi connectivity index (χ1) is 23.2. The van der Waals surface area contributed by atoms with Crippen molar-refractivity contribution in [3.63, 3.8) is 0 Å². The molecule has 0 atom stereocenters. The van der Waals surface area contributed by atoms with Gasteiger partial charge in [0.1, 0.15) is 11.2 Å². The molecule has 0 aliphatic rings.